The minimum atomic E-state index is -2.48. The Morgan fingerprint density at radius 2 is 1.56 bits per heavy atom. The highest BCUT2D eigenvalue weighted by Gasteiger charge is 2.52. The summed E-state index contributed by atoms with van der Waals surface area (Å²) >= 11 is 0. The minimum absolute atomic E-state index is 0.0129. The molecule has 0 N–H and O–H groups in total. The van der Waals surface area contributed by atoms with Gasteiger partial charge in [0, 0.05) is 5.56 Å². The first-order valence-electron chi connectivity index (χ1n) is 7.56. The maximum absolute atomic E-state index is 14.3. The molecule has 2 atom stereocenters. The Hall–Kier alpha value is -2.89. The van der Waals surface area contributed by atoms with E-state index in [9.17, 15) is 18.0 Å². The second kappa shape index (κ2) is 6.55. The van der Waals surface area contributed by atoms with Gasteiger partial charge in [0.05, 0.1) is 5.92 Å². The molecule has 0 saturated carbocycles. The third-order valence-corrected chi connectivity index (χ3v) is 4.09. The second-order valence-corrected chi connectivity index (χ2v) is 5.77. The number of hydrogen-bond donors (Lipinski definition) is 0. The van der Waals surface area contributed by atoms with Crippen molar-refractivity contribution in [1.82, 2.24) is 0 Å². The van der Waals surface area contributed by atoms with Gasteiger partial charge in [-0.25, -0.2) is 14.2 Å². The number of rotatable bonds is 4. The van der Waals surface area contributed by atoms with E-state index in [2.05, 4.69) is 4.99 Å². The van der Waals surface area contributed by atoms with Crippen LogP contribution in [0.25, 0.3) is 0 Å². The third-order valence-electron chi connectivity index (χ3n) is 4.09. The summed E-state index contributed by atoms with van der Waals surface area (Å²) in [6.45, 7) is 1.30. The fourth-order valence-electron chi connectivity index (χ4n) is 2.83. The summed E-state index contributed by atoms with van der Waals surface area (Å²) in [5, 5.41) is 0. The molecule has 0 bridgehead atoms. The number of carbonyl (C=O) groups is 1. The van der Waals surface area contributed by atoms with Gasteiger partial charge in [-0.1, -0.05) is 48.5 Å². The lowest BCUT2D eigenvalue weighted by molar-refractivity contribution is -0.139. The fraction of sp³-hybridized carbons (Fsp3) is 0.158. The van der Waals surface area contributed by atoms with Crippen molar-refractivity contribution in [2.24, 2.45) is 4.99 Å². The van der Waals surface area contributed by atoms with E-state index in [0.29, 0.717) is 5.56 Å². The van der Waals surface area contributed by atoms with Crippen LogP contribution in [-0.4, -0.2) is 17.4 Å². The van der Waals surface area contributed by atoms with Gasteiger partial charge >= 0.3 is 12.0 Å². The summed E-state index contributed by atoms with van der Waals surface area (Å²) in [5.41, 5.74) is -1.11. The zero-order chi connectivity index (χ0) is 18.0. The van der Waals surface area contributed by atoms with Gasteiger partial charge in [0.15, 0.2) is 11.4 Å². The molecule has 0 aliphatic carbocycles. The lowest BCUT2D eigenvalue weighted by Crippen LogP contribution is -2.38. The zero-order valence-electron chi connectivity index (χ0n) is 13.2. The number of nitrogens with zero attached hydrogens (tertiary/aromatic N) is 1. The second-order valence-electron chi connectivity index (χ2n) is 5.77. The normalized spacial score (nSPS) is 20.6. The number of ether oxygens (including phenoxy) is 1. The minimum Gasteiger partial charge on any atom is -0.405 e. The van der Waals surface area contributed by atoms with Crippen LogP contribution in [0.4, 0.5) is 13.2 Å². The Labute approximate surface area is 142 Å². The number of esters is 1. The Balaban J connectivity index is 2.13. The SMILES string of the molecule is CC1(C(C(F)=C(F)F)c2ccccc2)N=C(c2ccccc2)OC1=O. The van der Waals surface area contributed by atoms with Gasteiger partial charge in [-0.2, -0.15) is 8.78 Å². The summed E-state index contributed by atoms with van der Waals surface area (Å²) in [4.78, 5) is 16.6. The Morgan fingerprint density at radius 3 is 2.12 bits per heavy atom. The van der Waals surface area contributed by atoms with E-state index >= 15 is 0 Å². The summed E-state index contributed by atoms with van der Waals surface area (Å²) in [7, 11) is 0. The standard InChI is InChI=1S/C19H14F3NO2/c1-19(14(15(20)16(21)22)12-8-4-2-5-9-12)18(24)25-17(23-19)13-10-6-3-7-11-13/h2-11,14H,1H3. The molecule has 3 nitrogen and oxygen atoms in total. The van der Waals surface area contributed by atoms with Crippen LogP contribution in [0.2, 0.25) is 0 Å². The molecule has 0 fully saturated rings. The van der Waals surface area contributed by atoms with Crippen LogP contribution in [0.3, 0.4) is 0 Å². The van der Waals surface area contributed by atoms with Crippen molar-refractivity contribution in [2.45, 2.75) is 18.4 Å². The van der Waals surface area contributed by atoms with E-state index in [1.54, 1.807) is 48.5 Å². The molecule has 3 rings (SSSR count). The maximum atomic E-state index is 14.3. The Morgan fingerprint density at radius 1 is 1.00 bits per heavy atom. The van der Waals surface area contributed by atoms with Gasteiger partial charge in [0.2, 0.25) is 5.90 Å². The predicted octanol–water partition coefficient (Wildman–Crippen LogP) is 4.61. The van der Waals surface area contributed by atoms with Crippen molar-refractivity contribution >= 4 is 11.9 Å². The van der Waals surface area contributed by atoms with Crippen LogP contribution in [0, 0.1) is 0 Å². The molecule has 1 heterocycles. The maximum Gasteiger partial charge on any atom is 0.341 e. The largest absolute Gasteiger partial charge is 0.405 e. The Bertz CT molecular complexity index is 845. The van der Waals surface area contributed by atoms with Crippen LogP contribution in [0.15, 0.2) is 77.6 Å². The van der Waals surface area contributed by atoms with Crippen molar-refractivity contribution in [3.8, 4) is 0 Å². The van der Waals surface area contributed by atoms with Gasteiger partial charge in [-0.15, -0.1) is 0 Å². The molecule has 1 aliphatic rings. The summed E-state index contributed by atoms with van der Waals surface area (Å²) < 4.78 is 45.6. The lowest BCUT2D eigenvalue weighted by Gasteiger charge is -2.26. The average molecular weight is 345 g/mol. The van der Waals surface area contributed by atoms with E-state index < -0.39 is 29.3 Å². The van der Waals surface area contributed by atoms with Crippen molar-refractivity contribution in [2.75, 3.05) is 0 Å². The van der Waals surface area contributed by atoms with Crippen molar-refractivity contribution < 1.29 is 22.7 Å². The quantitative estimate of drug-likeness (QED) is 0.759. The molecule has 1 aliphatic heterocycles. The number of halogens is 3. The molecule has 0 radical (unpaired) electrons. The smallest absolute Gasteiger partial charge is 0.341 e. The van der Waals surface area contributed by atoms with E-state index in [1.807, 2.05) is 0 Å². The van der Waals surface area contributed by atoms with Gasteiger partial charge in [-0.3, -0.25) is 0 Å². The molecule has 2 unspecified atom stereocenters. The molecule has 0 saturated heterocycles. The molecule has 6 heteroatoms. The molecule has 0 amide bonds. The number of cyclic esters (lactones) is 1. The van der Waals surface area contributed by atoms with Crippen molar-refractivity contribution in [3.05, 3.63) is 83.7 Å². The number of hydrogen-bond acceptors (Lipinski definition) is 3. The van der Waals surface area contributed by atoms with E-state index in [4.69, 9.17) is 4.74 Å². The summed E-state index contributed by atoms with van der Waals surface area (Å²) in [6, 6.07) is 16.3. The van der Waals surface area contributed by atoms with E-state index in [0.717, 1.165) is 0 Å². The van der Waals surface area contributed by atoms with Crippen LogP contribution < -0.4 is 0 Å². The highest BCUT2D eigenvalue weighted by Crippen LogP contribution is 2.43. The molecular weight excluding hydrogens is 331 g/mol. The molecule has 2 aromatic carbocycles. The molecule has 0 aromatic heterocycles. The first-order chi connectivity index (χ1) is 11.9. The molecule has 2 aromatic rings. The third kappa shape index (κ3) is 3.07. The zero-order valence-corrected chi connectivity index (χ0v) is 13.2. The van der Waals surface area contributed by atoms with Crippen molar-refractivity contribution in [1.29, 1.82) is 0 Å². The fourth-order valence-corrected chi connectivity index (χ4v) is 2.83. The van der Waals surface area contributed by atoms with Crippen LogP contribution in [-0.2, 0) is 9.53 Å². The topological polar surface area (TPSA) is 38.7 Å². The molecular formula is C19H14F3NO2. The van der Waals surface area contributed by atoms with Crippen molar-refractivity contribution in [3.63, 3.8) is 0 Å². The molecule has 0 spiro atoms. The summed E-state index contributed by atoms with van der Waals surface area (Å²) in [6.07, 6.45) is -2.48. The number of benzene rings is 2. The van der Waals surface area contributed by atoms with E-state index in [-0.39, 0.29) is 11.5 Å². The Kier molecular flexibility index (Phi) is 4.44. The highest BCUT2D eigenvalue weighted by atomic mass is 19.3. The van der Waals surface area contributed by atoms with Gasteiger partial charge in [-0.05, 0) is 24.6 Å². The van der Waals surface area contributed by atoms with Crippen LogP contribution >= 0.6 is 0 Å². The van der Waals surface area contributed by atoms with Crippen LogP contribution in [0.1, 0.15) is 24.0 Å². The lowest BCUT2D eigenvalue weighted by atomic mass is 9.80. The monoisotopic (exact) mass is 345 g/mol. The average Bonchev–Trinajstić information content (AvgIpc) is 2.92. The van der Waals surface area contributed by atoms with Gasteiger partial charge < -0.3 is 4.74 Å². The van der Waals surface area contributed by atoms with Crippen LogP contribution in [0.5, 0.6) is 0 Å². The first-order valence-corrected chi connectivity index (χ1v) is 7.56. The molecule has 25 heavy (non-hydrogen) atoms. The van der Waals surface area contributed by atoms with Gasteiger partial charge in [0.1, 0.15) is 0 Å². The first kappa shape index (κ1) is 17.0. The van der Waals surface area contributed by atoms with Gasteiger partial charge in [0.25, 0.3) is 0 Å². The highest BCUT2D eigenvalue weighted by molar-refractivity contribution is 6.08. The predicted molar refractivity (Wildman–Crippen MR) is 87.0 cm³/mol. The summed E-state index contributed by atoms with van der Waals surface area (Å²) in [5.74, 6) is -4.16. The number of aliphatic imine (C=N–C) groups is 1. The van der Waals surface area contributed by atoms with E-state index in [1.165, 1.54) is 19.1 Å². The number of carbonyl (C=O) groups excluding carboxylic acids is 1. The molecule has 128 valence electrons.